The Morgan fingerprint density at radius 3 is 2.35 bits per heavy atom. The van der Waals surface area contributed by atoms with Gasteiger partial charge in [-0.3, -0.25) is 25.2 Å². The van der Waals surface area contributed by atoms with Crippen molar-refractivity contribution >= 4 is 28.5 Å². The van der Waals surface area contributed by atoms with Crippen molar-refractivity contribution in [2.45, 2.75) is 12.8 Å². The molecule has 0 spiro atoms. The van der Waals surface area contributed by atoms with E-state index in [0.717, 1.165) is 10.9 Å². The highest BCUT2D eigenvalue weighted by Gasteiger charge is 2.15. The Morgan fingerprint density at radius 1 is 0.885 bits per heavy atom. The minimum atomic E-state index is -0.414. The molecule has 1 aromatic heterocycles. The summed E-state index contributed by atoms with van der Waals surface area (Å²) in [5.41, 5.74) is 6.74. The number of aryl methyl sites for hydroxylation is 1. The molecule has 3 aromatic rings. The molecule has 0 saturated heterocycles. The van der Waals surface area contributed by atoms with Gasteiger partial charge in [0.1, 0.15) is 0 Å². The minimum absolute atomic E-state index is 0.00352. The summed E-state index contributed by atoms with van der Waals surface area (Å²) in [4.78, 5) is 36.2. The Kier molecular flexibility index (Phi) is 5.12. The van der Waals surface area contributed by atoms with Gasteiger partial charge in [0.25, 0.3) is 5.91 Å². The number of amides is 2. The SMILES string of the molecule is Cn1cc(C(=O)NNC(=O)CCC(=O)c2ccccc2)c2ccccc21. The number of benzene rings is 2. The van der Waals surface area contributed by atoms with Gasteiger partial charge in [-0.05, 0) is 6.07 Å². The molecule has 6 heteroatoms. The first kappa shape index (κ1) is 17.4. The van der Waals surface area contributed by atoms with E-state index in [4.69, 9.17) is 0 Å². The molecule has 3 rings (SSSR count). The van der Waals surface area contributed by atoms with E-state index in [1.54, 1.807) is 30.5 Å². The van der Waals surface area contributed by atoms with Crippen molar-refractivity contribution in [2.24, 2.45) is 7.05 Å². The molecule has 0 bridgehead atoms. The summed E-state index contributed by atoms with van der Waals surface area (Å²) in [5, 5.41) is 0.806. The monoisotopic (exact) mass is 349 g/mol. The number of nitrogens with one attached hydrogen (secondary N) is 2. The summed E-state index contributed by atoms with van der Waals surface area (Å²) < 4.78 is 1.85. The molecule has 0 atom stereocenters. The van der Waals surface area contributed by atoms with Gasteiger partial charge in [0, 0.05) is 42.6 Å². The first-order chi connectivity index (χ1) is 12.6. The topological polar surface area (TPSA) is 80.2 Å². The number of nitrogens with zero attached hydrogens (tertiary/aromatic N) is 1. The van der Waals surface area contributed by atoms with E-state index < -0.39 is 11.8 Å². The molecule has 132 valence electrons. The van der Waals surface area contributed by atoms with Crippen molar-refractivity contribution in [1.29, 1.82) is 0 Å². The third-order valence-corrected chi connectivity index (χ3v) is 4.13. The maximum Gasteiger partial charge on any atom is 0.271 e. The molecule has 0 saturated carbocycles. The lowest BCUT2D eigenvalue weighted by Gasteiger charge is -2.06. The van der Waals surface area contributed by atoms with Crippen molar-refractivity contribution < 1.29 is 14.4 Å². The number of Topliss-reactive ketones (excluding diaryl/α,β-unsaturated/α-hetero) is 1. The molecule has 0 fully saturated rings. The number of fused-ring (bicyclic) bond motifs is 1. The fourth-order valence-corrected chi connectivity index (χ4v) is 2.77. The lowest BCUT2D eigenvalue weighted by molar-refractivity contribution is -0.121. The van der Waals surface area contributed by atoms with Crippen molar-refractivity contribution in [1.82, 2.24) is 15.4 Å². The largest absolute Gasteiger partial charge is 0.350 e. The van der Waals surface area contributed by atoms with Crippen LogP contribution in [0.1, 0.15) is 33.6 Å². The fourth-order valence-electron chi connectivity index (χ4n) is 2.77. The summed E-state index contributed by atoms with van der Waals surface area (Å²) in [7, 11) is 1.85. The number of hydrogen-bond acceptors (Lipinski definition) is 3. The number of carbonyl (C=O) groups excluding carboxylic acids is 3. The van der Waals surface area contributed by atoms with E-state index in [1.165, 1.54) is 0 Å². The molecule has 2 aromatic carbocycles. The number of hydrazine groups is 1. The molecule has 0 aliphatic rings. The molecule has 0 aliphatic carbocycles. The summed E-state index contributed by atoms with van der Waals surface area (Å²) in [6.45, 7) is 0. The van der Waals surface area contributed by atoms with E-state index in [0.29, 0.717) is 11.1 Å². The molecular formula is C20H19N3O3. The van der Waals surface area contributed by atoms with Crippen molar-refractivity contribution in [3.8, 4) is 0 Å². The molecule has 26 heavy (non-hydrogen) atoms. The van der Waals surface area contributed by atoms with Gasteiger partial charge in [0.05, 0.1) is 5.56 Å². The number of carbonyl (C=O) groups is 3. The Hall–Kier alpha value is -3.41. The number of para-hydroxylation sites is 1. The van der Waals surface area contributed by atoms with E-state index >= 15 is 0 Å². The molecule has 1 heterocycles. The van der Waals surface area contributed by atoms with Crippen LogP contribution in [0.5, 0.6) is 0 Å². The quantitative estimate of drug-likeness (QED) is 0.549. The third-order valence-electron chi connectivity index (χ3n) is 4.13. The van der Waals surface area contributed by atoms with Gasteiger partial charge in [0.2, 0.25) is 5.91 Å². The van der Waals surface area contributed by atoms with Crippen molar-refractivity contribution in [3.05, 3.63) is 71.9 Å². The van der Waals surface area contributed by atoms with E-state index in [9.17, 15) is 14.4 Å². The Bertz CT molecular complexity index is 961. The molecule has 2 N–H and O–H groups in total. The van der Waals surface area contributed by atoms with Gasteiger partial charge in [-0.15, -0.1) is 0 Å². The van der Waals surface area contributed by atoms with Crippen LogP contribution in [0.2, 0.25) is 0 Å². The zero-order valence-corrected chi connectivity index (χ0v) is 14.4. The van der Waals surface area contributed by atoms with Crippen LogP contribution in [0.4, 0.5) is 0 Å². The van der Waals surface area contributed by atoms with Crippen LogP contribution >= 0.6 is 0 Å². The van der Waals surface area contributed by atoms with Crippen LogP contribution in [0.15, 0.2) is 60.8 Å². The van der Waals surface area contributed by atoms with Crippen LogP contribution in [-0.4, -0.2) is 22.2 Å². The van der Waals surface area contributed by atoms with Gasteiger partial charge < -0.3 is 4.57 Å². The van der Waals surface area contributed by atoms with Gasteiger partial charge >= 0.3 is 0 Å². The third kappa shape index (κ3) is 3.80. The van der Waals surface area contributed by atoms with E-state index in [2.05, 4.69) is 10.9 Å². The Balaban J connectivity index is 1.54. The molecule has 0 unspecified atom stereocenters. The summed E-state index contributed by atoms with van der Waals surface area (Å²) >= 11 is 0. The smallest absolute Gasteiger partial charge is 0.271 e. The maximum atomic E-state index is 12.3. The molecular weight excluding hydrogens is 330 g/mol. The van der Waals surface area contributed by atoms with Gasteiger partial charge in [-0.2, -0.15) is 0 Å². The average Bonchev–Trinajstić information content (AvgIpc) is 3.02. The van der Waals surface area contributed by atoms with Gasteiger partial charge in [0.15, 0.2) is 5.78 Å². The average molecular weight is 349 g/mol. The Morgan fingerprint density at radius 2 is 1.58 bits per heavy atom. The fraction of sp³-hybridized carbons (Fsp3) is 0.150. The minimum Gasteiger partial charge on any atom is -0.350 e. The summed E-state index contributed by atoms with van der Waals surface area (Å²) in [6.07, 6.45) is 1.80. The normalized spacial score (nSPS) is 10.5. The van der Waals surface area contributed by atoms with E-state index in [1.807, 2.05) is 41.9 Å². The van der Waals surface area contributed by atoms with E-state index in [-0.39, 0.29) is 18.6 Å². The van der Waals surface area contributed by atoms with Crippen LogP contribution in [-0.2, 0) is 11.8 Å². The zero-order chi connectivity index (χ0) is 18.5. The second-order valence-corrected chi connectivity index (χ2v) is 5.96. The number of aromatic nitrogens is 1. The van der Waals surface area contributed by atoms with Gasteiger partial charge in [-0.1, -0.05) is 48.5 Å². The standard InChI is InChI=1S/C20H19N3O3/c1-23-13-16(15-9-5-6-10-17(15)23)20(26)22-21-19(25)12-11-18(24)14-7-3-2-4-8-14/h2-10,13H,11-12H2,1H3,(H,21,25)(H,22,26). The Labute approximate surface area is 150 Å². The molecule has 0 aliphatic heterocycles. The van der Waals surface area contributed by atoms with Crippen molar-refractivity contribution in [3.63, 3.8) is 0 Å². The lowest BCUT2D eigenvalue weighted by Crippen LogP contribution is -2.41. The number of ketones is 1. The van der Waals surface area contributed by atoms with Crippen LogP contribution in [0.25, 0.3) is 10.9 Å². The highest BCUT2D eigenvalue weighted by molar-refractivity contribution is 6.07. The summed E-state index contributed by atoms with van der Waals surface area (Å²) in [6, 6.07) is 16.3. The first-order valence-electron chi connectivity index (χ1n) is 8.28. The van der Waals surface area contributed by atoms with Crippen molar-refractivity contribution in [2.75, 3.05) is 0 Å². The lowest BCUT2D eigenvalue weighted by atomic mass is 10.1. The first-order valence-corrected chi connectivity index (χ1v) is 8.28. The zero-order valence-electron chi connectivity index (χ0n) is 14.4. The molecule has 2 amide bonds. The highest BCUT2D eigenvalue weighted by atomic mass is 16.2. The van der Waals surface area contributed by atoms with Crippen LogP contribution in [0, 0.1) is 0 Å². The molecule has 0 radical (unpaired) electrons. The summed E-state index contributed by atoms with van der Waals surface area (Å²) in [5.74, 6) is -0.923. The number of hydrogen-bond donors (Lipinski definition) is 2. The highest BCUT2D eigenvalue weighted by Crippen LogP contribution is 2.19. The van der Waals surface area contributed by atoms with Crippen LogP contribution in [0.3, 0.4) is 0 Å². The maximum absolute atomic E-state index is 12.3. The second kappa shape index (κ2) is 7.65. The predicted molar refractivity (Wildman–Crippen MR) is 98.5 cm³/mol. The second-order valence-electron chi connectivity index (χ2n) is 5.96. The van der Waals surface area contributed by atoms with Gasteiger partial charge in [-0.25, -0.2) is 0 Å². The molecule has 6 nitrogen and oxygen atoms in total. The number of rotatable bonds is 5. The van der Waals surface area contributed by atoms with Crippen LogP contribution < -0.4 is 10.9 Å². The predicted octanol–water partition coefficient (Wildman–Crippen LogP) is 2.60.